The van der Waals surface area contributed by atoms with Gasteiger partial charge in [-0.3, -0.25) is 4.98 Å². The van der Waals surface area contributed by atoms with Crippen LogP contribution < -0.4 is 5.73 Å². The number of hydrogen-bond acceptors (Lipinski definition) is 3. The Morgan fingerprint density at radius 1 is 1.18 bits per heavy atom. The minimum absolute atomic E-state index is 0.492. The lowest BCUT2D eigenvalue weighted by Gasteiger charge is -2.07. The Kier molecular flexibility index (Phi) is 4.29. The van der Waals surface area contributed by atoms with E-state index in [1.165, 1.54) is 0 Å². The molecule has 1 aromatic carbocycles. The van der Waals surface area contributed by atoms with Gasteiger partial charge in [0.25, 0.3) is 0 Å². The van der Waals surface area contributed by atoms with Crippen LogP contribution in [0.25, 0.3) is 0 Å². The van der Waals surface area contributed by atoms with Gasteiger partial charge in [0.1, 0.15) is 0 Å². The predicted molar refractivity (Wildman–Crippen MR) is 72.7 cm³/mol. The van der Waals surface area contributed by atoms with E-state index >= 15 is 0 Å². The monoisotopic (exact) mass is 284 g/mol. The molecule has 0 aliphatic rings. The zero-order valence-corrected chi connectivity index (χ0v) is 11.2. The van der Waals surface area contributed by atoms with Gasteiger partial charge in [-0.15, -0.1) is 0 Å². The van der Waals surface area contributed by atoms with Crippen LogP contribution in [0.5, 0.6) is 0 Å². The smallest absolute Gasteiger partial charge is 0.0603 e. The highest BCUT2D eigenvalue weighted by Gasteiger charge is 2.05. The van der Waals surface area contributed by atoms with Gasteiger partial charge in [0.2, 0.25) is 0 Å². The second-order valence-electron chi connectivity index (χ2n) is 3.37. The third kappa shape index (κ3) is 3.13. The maximum absolute atomic E-state index is 5.97. The summed E-state index contributed by atoms with van der Waals surface area (Å²) in [5, 5.41) is 1.11. The number of halogens is 2. The molecule has 1 aromatic heterocycles. The Morgan fingerprint density at radius 2 is 2.00 bits per heavy atom. The van der Waals surface area contributed by atoms with Crippen molar-refractivity contribution < 1.29 is 0 Å². The van der Waals surface area contributed by atoms with Crippen LogP contribution in [0.4, 0.5) is 0 Å². The van der Waals surface area contributed by atoms with Crippen molar-refractivity contribution in [2.45, 2.75) is 16.3 Å². The van der Waals surface area contributed by atoms with E-state index in [9.17, 15) is 0 Å². The fraction of sp³-hybridized carbons (Fsp3) is 0.0833. The number of nitrogens with two attached hydrogens (primary N) is 1. The van der Waals surface area contributed by atoms with E-state index in [-0.39, 0.29) is 0 Å². The molecular formula is C12H10Cl2N2S. The molecule has 0 saturated heterocycles. The van der Waals surface area contributed by atoms with Crippen LogP contribution in [-0.2, 0) is 6.54 Å². The van der Waals surface area contributed by atoms with Crippen LogP contribution in [-0.4, -0.2) is 4.98 Å². The van der Waals surface area contributed by atoms with E-state index in [0.717, 1.165) is 15.4 Å². The molecule has 0 unspecified atom stereocenters. The Labute approximate surface area is 114 Å². The number of benzene rings is 1. The number of nitrogens with zero attached hydrogens (tertiary/aromatic N) is 1. The number of rotatable bonds is 3. The molecule has 88 valence electrons. The minimum Gasteiger partial charge on any atom is -0.326 e. The molecule has 5 heteroatoms. The summed E-state index contributed by atoms with van der Waals surface area (Å²) in [6.07, 6.45) is 3.54. The molecular weight excluding hydrogens is 275 g/mol. The van der Waals surface area contributed by atoms with Gasteiger partial charge in [0.15, 0.2) is 0 Å². The van der Waals surface area contributed by atoms with Gasteiger partial charge >= 0.3 is 0 Å². The molecule has 0 radical (unpaired) electrons. The highest BCUT2D eigenvalue weighted by Crippen LogP contribution is 2.33. The standard InChI is InChI=1S/C12H10Cl2N2S/c13-10-2-1-9(5-11(10)14)17-12-7-16-4-3-8(12)6-15/h1-5,7H,6,15H2. The first kappa shape index (κ1) is 12.7. The van der Waals surface area contributed by atoms with Gasteiger partial charge in [-0.05, 0) is 29.8 Å². The maximum atomic E-state index is 5.97. The van der Waals surface area contributed by atoms with Crippen LogP contribution in [0, 0.1) is 0 Å². The average molecular weight is 285 g/mol. The third-order valence-electron chi connectivity index (χ3n) is 2.21. The number of hydrogen-bond donors (Lipinski definition) is 1. The third-order valence-corrected chi connectivity index (χ3v) is 4.03. The van der Waals surface area contributed by atoms with Crippen molar-refractivity contribution in [3.63, 3.8) is 0 Å². The molecule has 2 N–H and O–H groups in total. The summed E-state index contributed by atoms with van der Waals surface area (Å²) in [5.74, 6) is 0. The van der Waals surface area contributed by atoms with Crippen LogP contribution in [0.15, 0.2) is 46.5 Å². The van der Waals surface area contributed by atoms with Gasteiger partial charge in [-0.2, -0.15) is 0 Å². The molecule has 2 nitrogen and oxygen atoms in total. The summed E-state index contributed by atoms with van der Waals surface area (Å²) in [5.41, 5.74) is 6.74. The molecule has 2 aromatic rings. The largest absolute Gasteiger partial charge is 0.326 e. The average Bonchev–Trinajstić information content (AvgIpc) is 2.34. The fourth-order valence-electron chi connectivity index (χ4n) is 1.34. The lowest BCUT2D eigenvalue weighted by molar-refractivity contribution is 1.00. The highest BCUT2D eigenvalue weighted by atomic mass is 35.5. The van der Waals surface area contributed by atoms with Crippen molar-refractivity contribution in [3.8, 4) is 0 Å². The number of pyridine rings is 1. The van der Waals surface area contributed by atoms with E-state index in [1.54, 1.807) is 30.2 Å². The second kappa shape index (κ2) is 5.74. The minimum atomic E-state index is 0.492. The Morgan fingerprint density at radius 3 is 2.71 bits per heavy atom. The van der Waals surface area contributed by atoms with Crippen LogP contribution in [0.3, 0.4) is 0 Å². The molecule has 1 heterocycles. The summed E-state index contributed by atoms with van der Waals surface area (Å²) >= 11 is 13.4. The molecule has 0 aliphatic heterocycles. The molecule has 0 spiro atoms. The lowest BCUT2D eigenvalue weighted by Crippen LogP contribution is -1.98. The van der Waals surface area contributed by atoms with Crippen LogP contribution in [0.1, 0.15) is 5.56 Å². The zero-order valence-electron chi connectivity index (χ0n) is 8.86. The normalized spacial score (nSPS) is 10.5. The summed E-state index contributed by atoms with van der Waals surface area (Å²) in [6, 6.07) is 7.46. The van der Waals surface area contributed by atoms with E-state index in [0.29, 0.717) is 16.6 Å². The van der Waals surface area contributed by atoms with Crippen LogP contribution in [0.2, 0.25) is 10.0 Å². The lowest BCUT2D eigenvalue weighted by atomic mass is 10.3. The summed E-state index contributed by atoms with van der Waals surface area (Å²) in [4.78, 5) is 6.15. The molecule has 0 saturated carbocycles. The van der Waals surface area contributed by atoms with E-state index in [2.05, 4.69) is 4.98 Å². The topological polar surface area (TPSA) is 38.9 Å². The van der Waals surface area contributed by atoms with Gasteiger partial charge < -0.3 is 5.73 Å². The Hall–Kier alpha value is -0.740. The van der Waals surface area contributed by atoms with E-state index < -0.39 is 0 Å². The maximum Gasteiger partial charge on any atom is 0.0603 e. The summed E-state index contributed by atoms with van der Waals surface area (Å²) in [6.45, 7) is 0.492. The zero-order chi connectivity index (χ0) is 12.3. The molecule has 2 rings (SSSR count). The van der Waals surface area contributed by atoms with E-state index in [1.807, 2.05) is 18.2 Å². The first-order valence-electron chi connectivity index (χ1n) is 4.96. The fourth-order valence-corrected chi connectivity index (χ4v) is 2.66. The quantitative estimate of drug-likeness (QED) is 0.926. The van der Waals surface area contributed by atoms with Gasteiger partial charge in [-0.25, -0.2) is 0 Å². The Bertz CT molecular complexity index is 532. The van der Waals surface area contributed by atoms with Crippen molar-refractivity contribution in [1.82, 2.24) is 4.98 Å². The van der Waals surface area contributed by atoms with Crippen molar-refractivity contribution >= 4 is 35.0 Å². The van der Waals surface area contributed by atoms with Gasteiger partial charge in [0.05, 0.1) is 10.0 Å². The van der Waals surface area contributed by atoms with Gasteiger partial charge in [-0.1, -0.05) is 35.0 Å². The first-order valence-corrected chi connectivity index (χ1v) is 6.54. The summed E-state index contributed by atoms with van der Waals surface area (Å²) in [7, 11) is 0. The first-order chi connectivity index (χ1) is 8.20. The van der Waals surface area contributed by atoms with Gasteiger partial charge in [0, 0.05) is 28.7 Å². The molecule has 0 fully saturated rings. The molecule has 0 atom stereocenters. The van der Waals surface area contributed by atoms with Crippen molar-refractivity contribution in [2.75, 3.05) is 0 Å². The van der Waals surface area contributed by atoms with Crippen LogP contribution >= 0.6 is 35.0 Å². The van der Waals surface area contributed by atoms with Crippen molar-refractivity contribution in [2.24, 2.45) is 5.73 Å². The van der Waals surface area contributed by atoms with Crippen molar-refractivity contribution in [3.05, 3.63) is 52.3 Å². The molecule has 17 heavy (non-hydrogen) atoms. The molecule has 0 amide bonds. The second-order valence-corrected chi connectivity index (χ2v) is 5.30. The highest BCUT2D eigenvalue weighted by molar-refractivity contribution is 7.99. The molecule has 0 aliphatic carbocycles. The van der Waals surface area contributed by atoms with E-state index in [4.69, 9.17) is 28.9 Å². The predicted octanol–water partition coefficient (Wildman–Crippen LogP) is 4.00. The van der Waals surface area contributed by atoms with Crippen molar-refractivity contribution in [1.29, 1.82) is 0 Å². The SMILES string of the molecule is NCc1ccncc1Sc1ccc(Cl)c(Cl)c1. The number of aromatic nitrogens is 1. The Balaban J connectivity index is 2.28. The molecule has 0 bridgehead atoms. The summed E-state index contributed by atoms with van der Waals surface area (Å²) < 4.78 is 0.